The monoisotopic (exact) mass is 385 g/mol. The molecule has 2 heterocycles. The lowest BCUT2D eigenvalue weighted by Crippen LogP contribution is -2.30. The minimum atomic E-state index is -0.386. The van der Waals surface area contributed by atoms with Crippen molar-refractivity contribution >= 4 is 34.5 Å². The zero-order chi connectivity index (χ0) is 18.8. The van der Waals surface area contributed by atoms with E-state index in [0.29, 0.717) is 35.7 Å². The van der Waals surface area contributed by atoms with Crippen LogP contribution in [0.25, 0.3) is 5.57 Å². The number of anilines is 2. The molecule has 0 spiro atoms. The van der Waals surface area contributed by atoms with Crippen LogP contribution in [0.1, 0.15) is 24.8 Å². The second-order valence-electron chi connectivity index (χ2n) is 6.91. The molecule has 7 nitrogen and oxygen atoms in total. The minimum Gasteiger partial charge on any atom is -0.364 e. The Hall–Kier alpha value is -2.67. The highest BCUT2D eigenvalue weighted by molar-refractivity contribution is 6.30. The maximum absolute atomic E-state index is 11.7. The topological polar surface area (TPSA) is 84.2 Å². The quantitative estimate of drug-likeness (QED) is 0.593. The van der Waals surface area contributed by atoms with Crippen LogP contribution in [-0.4, -0.2) is 34.5 Å². The summed E-state index contributed by atoms with van der Waals surface area (Å²) in [6.07, 6.45) is 6.62. The highest BCUT2D eigenvalue weighted by atomic mass is 35.5. The van der Waals surface area contributed by atoms with E-state index in [1.807, 2.05) is 29.2 Å². The molecule has 0 amide bonds. The van der Waals surface area contributed by atoms with E-state index in [1.54, 1.807) is 0 Å². The van der Waals surface area contributed by atoms with E-state index < -0.39 is 0 Å². The average Bonchev–Trinajstić information content (AvgIpc) is 3.51. The third kappa shape index (κ3) is 4.03. The largest absolute Gasteiger partial charge is 0.364 e. The molecule has 140 valence electrons. The van der Waals surface area contributed by atoms with Crippen LogP contribution in [0, 0.1) is 16.0 Å². The molecule has 0 radical (unpaired) electrons. The summed E-state index contributed by atoms with van der Waals surface area (Å²) in [6.45, 7) is 1.95. The number of halogens is 1. The molecule has 1 aliphatic carbocycles. The lowest BCUT2D eigenvalue weighted by atomic mass is 9.99. The lowest BCUT2D eigenvalue weighted by Gasteiger charge is -2.27. The molecule has 2 aliphatic rings. The van der Waals surface area contributed by atoms with E-state index in [1.165, 1.54) is 24.7 Å². The van der Waals surface area contributed by atoms with Crippen molar-refractivity contribution in [2.75, 3.05) is 29.9 Å². The maximum atomic E-state index is 11.7. The number of benzene rings is 1. The SMILES string of the molecule is O=[N+]([O-])c1c(NCC2CC2)ncnc1N1CC=C(c2ccc(Cl)cc2)CC1. The van der Waals surface area contributed by atoms with Gasteiger partial charge in [-0.25, -0.2) is 9.97 Å². The molecule has 1 saturated carbocycles. The van der Waals surface area contributed by atoms with Crippen LogP contribution in [0.15, 0.2) is 36.7 Å². The van der Waals surface area contributed by atoms with Gasteiger partial charge in [-0.05, 0) is 48.4 Å². The van der Waals surface area contributed by atoms with Gasteiger partial charge in [0, 0.05) is 24.7 Å². The first-order chi connectivity index (χ1) is 13.1. The van der Waals surface area contributed by atoms with Gasteiger partial charge >= 0.3 is 5.69 Å². The van der Waals surface area contributed by atoms with Gasteiger partial charge in [-0.2, -0.15) is 0 Å². The van der Waals surface area contributed by atoms with E-state index >= 15 is 0 Å². The summed E-state index contributed by atoms with van der Waals surface area (Å²) < 4.78 is 0. The van der Waals surface area contributed by atoms with Crippen molar-refractivity contribution in [2.45, 2.75) is 19.3 Å². The third-order valence-corrected chi connectivity index (χ3v) is 5.22. The van der Waals surface area contributed by atoms with Crippen LogP contribution in [0.4, 0.5) is 17.3 Å². The first-order valence-corrected chi connectivity index (χ1v) is 9.43. The first kappa shape index (κ1) is 17.7. The summed E-state index contributed by atoms with van der Waals surface area (Å²) in [6, 6.07) is 7.74. The van der Waals surface area contributed by atoms with Gasteiger partial charge in [0.1, 0.15) is 6.33 Å². The molecule has 1 fully saturated rings. The minimum absolute atomic E-state index is 0.0403. The van der Waals surface area contributed by atoms with Crippen molar-refractivity contribution < 1.29 is 4.92 Å². The molecular weight excluding hydrogens is 366 g/mol. The van der Waals surface area contributed by atoms with Gasteiger partial charge in [-0.3, -0.25) is 10.1 Å². The molecule has 1 aromatic carbocycles. The second-order valence-corrected chi connectivity index (χ2v) is 7.34. The van der Waals surface area contributed by atoms with Crippen molar-refractivity contribution in [3.8, 4) is 0 Å². The number of nitro groups is 1. The smallest absolute Gasteiger partial charge is 0.353 e. The molecule has 1 aliphatic heterocycles. The number of nitrogens with one attached hydrogen (secondary N) is 1. The average molecular weight is 386 g/mol. The number of nitrogens with zero attached hydrogens (tertiary/aromatic N) is 4. The Morgan fingerprint density at radius 1 is 1.26 bits per heavy atom. The first-order valence-electron chi connectivity index (χ1n) is 9.05. The van der Waals surface area contributed by atoms with Gasteiger partial charge in [-0.15, -0.1) is 0 Å². The van der Waals surface area contributed by atoms with Crippen LogP contribution in [0.3, 0.4) is 0 Å². The fourth-order valence-corrected chi connectivity index (χ4v) is 3.38. The summed E-state index contributed by atoms with van der Waals surface area (Å²) in [5.41, 5.74) is 2.30. The summed E-state index contributed by atoms with van der Waals surface area (Å²) >= 11 is 5.95. The van der Waals surface area contributed by atoms with Crippen molar-refractivity contribution in [1.82, 2.24) is 9.97 Å². The Morgan fingerprint density at radius 3 is 2.67 bits per heavy atom. The van der Waals surface area contributed by atoms with Gasteiger partial charge in [-0.1, -0.05) is 29.8 Å². The van der Waals surface area contributed by atoms with Gasteiger partial charge in [0.25, 0.3) is 0 Å². The van der Waals surface area contributed by atoms with Crippen LogP contribution in [0.2, 0.25) is 5.02 Å². The van der Waals surface area contributed by atoms with Gasteiger partial charge in [0.05, 0.1) is 4.92 Å². The molecule has 8 heteroatoms. The van der Waals surface area contributed by atoms with E-state index in [2.05, 4.69) is 21.4 Å². The molecule has 1 N–H and O–H groups in total. The fourth-order valence-electron chi connectivity index (χ4n) is 3.25. The molecule has 27 heavy (non-hydrogen) atoms. The van der Waals surface area contributed by atoms with E-state index in [0.717, 1.165) is 18.5 Å². The predicted octanol–water partition coefficient (Wildman–Crippen LogP) is 4.15. The molecule has 0 bridgehead atoms. The molecule has 4 rings (SSSR count). The predicted molar refractivity (Wildman–Crippen MR) is 106 cm³/mol. The molecule has 0 saturated heterocycles. The van der Waals surface area contributed by atoms with E-state index in [4.69, 9.17) is 11.6 Å². The van der Waals surface area contributed by atoms with E-state index in [-0.39, 0.29) is 10.6 Å². The Labute approximate surface area is 162 Å². The van der Waals surface area contributed by atoms with Crippen molar-refractivity contribution in [2.24, 2.45) is 5.92 Å². The standard InChI is InChI=1S/C19H20ClN5O2/c20-16-5-3-14(4-6-16)15-7-9-24(10-8-15)19-17(25(26)27)18(22-12-23-19)21-11-13-1-2-13/h3-7,12-13H,1-2,8-11H2,(H,21,22,23). The van der Waals surface area contributed by atoms with Crippen molar-refractivity contribution in [1.29, 1.82) is 0 Å². The number of hydrogen-bond donors (Lipinski definition) is 1. The fraction of sp³-hybridized carbons (Fsp3) is 0.368. The van der Waals surface area contributed by atoms with Gasteiger partial charge < -0.3 is 10.2 Å². The van der Waals surface area contributed by atoms with Crippen LogP contribution >= 0.6 is 11.6 Å². The number of aromatic nitrogens is 2. The second kappa shape index (κ2) is 7.52. The zero-order valence-electron chi connectivity index (χ0n) is 14.8. The zero-order valence-corrected chi connectivity index (χ0v) is 15.5. The van der Waals surface area contributed by atoms with Crippen molar-refractivity contribution in [3.05, 3.63) is 57.4 Å². The number of hydrogen-bond acceptors (Lipinski definition) is 6. The van der Waals surface area contributed by atoms with Gasteiger partial charge in [0.15, 0.2) is 0 Å². The molecule has 0 unspecified atom stereocenters. The summed E-state index contributed by atoms with van der Waals surface area (Å²) in [5, 5.41) is 15.5. The molecular formula is C19H20ClN5O2. The Kier molecular flexibility index (Phi) is 4.94. The number of rotatable bonds is 6. The summed E-state index contributed by atoms with van der Waals surface area (Å²) in [5.74, 6) is 1.28. The Balaban J connectivity index is 1.55. The molecule has 2 aromatic rings. The van der Waals surface area contributed by atoms with Crippen LogP contribution in [-0.2, 0) is 0 Å². The van der Waals surface area contributed by atoms with Crippen LogP contribution in [0.5, 0.6) is 0 Å². The van der Waals surface area contributed by atoms with Crippen LogP contribution < -0.4 is 10.2 Å². The third-order valence-electron chi connectivity index (χ3n) is 4.96. The van der Waals surface area contributed by atoms with Crippen molar-refractivity contribution in [3.63, 3.8) is 0 Å². The lowest BCUT2D eigenvalue weighted by molar-refractivity contribution is -0.383. The van der Waals surface area contributed by atoms with E-state index in [9.17, 15) is 10.1 Å². The highest BCUT2D eigenvalue weighted by Crippen LogP contribution is 2.35. The van der Waals surface area contributed by atoms with Gasteiger partial charge in [0.2, 0.25) is 11.6 Å². The Morgan fingerprint density at radius 2 is 2.04 bits per heavy atom. The highest BCUT2D eigenvalue weighted by Gasteiger charge is 2.29. The molecule has 0 atom stereocenters. The molecule has 1 aromatic heterocycles. The Bertz CT molecular complexity index is 880. The maximum Gasteiger partial charge on any atom is 0.353 e. The normalized spacial score (nSPS) is 16.8. The summed E-state index contributed by atoms with van der Waals surface area (Å²) in [4.78, 5) is 21.6. The summed E-state index contributed by atoms with van der Waals surface area (Å²) in [7, 11) is 0.